The lowest BCUT2D eigenvalue weighted by Gasteiger charge is -2.35. The molecule has 106 valence electrons. The van der Waals surface area contributed by atoms with Crippen LogP contribution in [0.3, 0.4) is 0 Å². The molecule has 1 rings (SSSR count). The van der Waals surface area contributed by atoms with Crippen LogP contribution in [0.25, 0.3) is 0 Å². The Morgan fingerprint density at radius 1 is 1.50 bits per heavy atom. The van der Waals surface area contributed by atoms with Crippen LogP contribution in [0.4, 0.5) is 0 Å². The van der Waals surface area contributed by atoms with Crippen molar-refractivity contribution in [3.05, 3.63) is 0 Å². The van der Waals surface area contributed by atoms with Gasteiger partial charge in [0.15, 0.2) is 0 Å². The molecule has 1 aliphatic rings. The van der Waals surface area contributed by atoms with Gasteiger partial charge in [-0.15, -0.1) is 0 Å². The van der Waals surface area contributed by atoms with Crippen LogP contribution in [-0.4, -0.2) is 50.6 Å². The van der Waals surface area contributed by atoms with E-state index in [1.807, 2.05) is 6.92 Å². The quantitative estimate of drug-likeness (QED) is 0.652. The van der Waals surface area contributed by atoms with Gasteiger partial charge in [-0.1, -0.05) is 0 Å². The number of aliphatic hydroxyl groups is 1. The second kappa shape index (κ2) is 6.63. The number of hydrogen-bond donors (Lipinski definition) is 3. The van der Waals surface area contributed by atoms with Gasteiger partial charge in [-0.05, 0) is 32.6 Å². The highest BCUT2D eigenvalue weighted by molar-refractivity contribution is 7.84. The Morgan fingerprint density at radius 2 is 2.06 bits per heavy atom. The monoisotopic (exact) mass is 277 g/mol. The first kappa shape index (κ1) is 15.6. The highest BCUT2D eigenvalue weighted by Crippen LogP contribution is 2.31. The van der Waals surface area contributed by atoms with Crippen LogP contribution in [0.15, 0.2) is 0 Å². The zero-order valence-electron chi connectivity index (χ0n) is 11.0. The van der Waals surface area contributed by atoms with E-state index in [0.717, 1.165) is 0 Å². The fraction of sp³-hybridized carbons (Fsp3) is 0.917. The van der Waals surface area contributed by atoms with Crippen LogP contribution in [0, 0.1) is 5.92 Å². The van der Waals surface area contributed by atoms with E-state index in [9.17, 15) is 14.1 Å². The third-order valence-electron chi connectivity index (χ3n) is 3.53. The van der Waals surface area contributed by atoms with Gasteiger partial charge in [0.1, 0.15) is 0 Å². The van der Waals surface area contributed by atoms with Gasteiger partial charge in [-0.25, -0.2) is 0 Å². The molecule has 3 N–H and O–H groups in total. The molecule has 1 saturated carbocycles. The van der Waals surface area contributed by atoms with Crippen molar-refractivity contribution in [3.63, 3.8) is 0 Å². The minimum Gasteiger partial charge on any atom is -0.481 e. The topological polar surface area (TPSA) is 86.6 Å². The fourth-order valence-electron chi connectivity index (χ4n) is 2.35. The summed E-state index contributed by atoms with van der Waals surface area (Å²) in [6.07, 6.45) is 3.74. The second-order valence-electron chi connectivity index (χ2n) is 5.36. The Balaban J connectivity index is 2.34. The zero-order chi connectivity index (χ0) is 13.8. The number of hydrogen-bond acceptors (Lipinski definition) is 4. The van der Waals surface area contributed by atoms with Gasteiger partial charge in [-0.2, -0.15) is 0 Å². The molecule has 0 saturated heterocycles. The summed E-state index contributed by atoms with van der Waals surface area (Å²) in [5.41, 5.74) is -0.810. The Kier molecular flexibility index (Phi) is 5.75. The smallest absolute Gasteiger partial charge is 0.306 e. The summed E-state index contributed by atoms with van der Waals surface area (Å²) in [5, 5.41) is 22.4. The van der Waals surface area contributed by atoms with E-state index in [1.54, 1.807) is 6.26 Å². The standard InChI is InChI=1S/C12H23NO4S/c1-9(7-18(2)17)13-8-12(16)5-3-10(4-6-12)11(14)15/h9-10,13,16H,3-8H2,1-2H3,(H,14,15). The number of carbonyl (C=O) groups is 1. The molecule has 2 atom stereocenters. The van der Waals surface area contributed by atoms with Crippen LogP contribution < -0.4 is 5.32 Å². The van der Waals surface area contributed by atoms with Crippen molar-refractivity contribution in [1.29, 1.82) is 0 Å². The summed E-state index contributed by atoms with van der Waals surface area (Å²) >= 11 is 0. The van der Waals surface area contributed by atoms with Gasteiger partial charge in [0.25, 0.3) is 0 Å². The van der Waals surface area contributed by atoms with Gasteiger partial charge in [0.05, 0.1) is 11.5 Å². The number of rotatable bonds is 6. The molecule has 1 fully saturated rings. The van der Waals surface area contributed by atoms with Gasteiger partial charge in [0, 0.05) is 35.4 Å². The van der Waals surface area contributed by atoms with E-state index in [0.29, 0.717) is 38.0 Å². The van der Waals surface area contributed by atoms with Crippen molar-refractivity contribution < 1.29 is 19.2 Å². The Labute approximate surface area is 110 Å². The van der Waals surface area contributed by atoms with Crippen LogP contribution in [0.5, 0.6) is 0 Å². The van der Waals surface area contributed by atoms with Gasteiger partial charge >= 0.3 is 5.97 Å². The molecule has 0 aliphatic heterocycles. The maximum atomic E-state index is 11.0. The molecular formula is C12H23NO4S. The Bertz CT molecular complexity index is 313. The molecule has 0 aromatic heterocycles. The predicted octanol–water partition coefficient (Wildman–Crippen LogP) is 0.349. The highest BCUT2D eigenvalue weighted by atomic mass is 32.2. The van der Waals surface area contributed by atoms with Crippen molar-refractivity contribution in [2.45, 2.75) is 44.2 Å². The van der Waals surface area contributed by atoms with E-state index in [2.05, 4.69) is 5.32 Å². The summed E-state index contributed by atoms with van der Waals surface area (Å²) in [7, 11) is -0.849. The largest absolute Gasteiger partial charge is 0.481 e. The molecule has 0 aromatic carbocycles. The molecule has 0 spiro atoms. The average molecular weight is 277 g/mol. The normalized spacial score (nSPS) is 31.8. The zero-order valence-corrected chi connectivity index (χ0v) is 11.8. The molecule has 5 nitrogen and oxygen atoms in total. The summed E-state index contributed by atoms with van der Waals surface area (Å²) < 4.78 is 11.0. The van der Waals surface area contributed by atoms with Crippen molar-refractivity contribution in [3.8, 4) is 0 Å². The maximum Gasteiger partial charge on any atom is 0.306 e. The lowest BCUT2D eigenvalue weighted by atomic mass is 9.79. The molecule has 18 heavy (non-hydrogen) atoms. The molecule has 0 heterocycles. The molecule has 0 aromatic rings. The van der Waals surface area contributed by atoms with Gasteiger partial charge in [0.2, 0.25) is 0 Å². The first-order valence-electron chi connectivity index (χ1n) is 6.31. The van der Waals surface area contributed by atoms with Crippen molar-refractivity contribution in [2.24, 2.45) is 5.92 Å². The lowest BCUT2D eigenvalue weighted by molar-refractivity contribution is -0.144. The van der Waals surface area contributed by atoms with Gasteiger partial charge < -0.3 is 15.5 Å². The molecule has 0 bridgehead atoms. The molecular weight excluding hydrogens is 254 g/mol. The number of nitrogens with one attached hydrogen (secondary N) is 1. The minimum absolute atomic E-state index is 0.0945. The van der Waals surface area contributed by atoms with E-state index in [-0.39, 0.29) is 12.0 Å². The SMILES string of the molecule is CC(CS(C)=O)NCC1(O)CCC(C(=O)O)CC1. The second-order valence-corrected chi connectivity index (χ2v) is 6.84. The van der Waals surface area contributed by atoms with Crippen LogP contribution in [0.2, 0.25) is 0 Å². The summed E-state index contributed by atoms with van der Waals surface area (Å²) in [4.78, 5) is 10.8. The fourth-order valence-corrected chi connectivity index (χ4v) is 3.18. The molecule has 0 radical (unpaired) electrons. The predicted molar refractivity (Wildman–Crippen MR) is 70.9 cm³/mol. The van der Waals surface area contributed by atoms with E-state index >= 15 is 0 Å². The van der Waals surface area contributed by atoms with Crippen molar-refractivity contribution in [2.75, 3.05) is 18.6 Å². The minimum atomic E-state index is -0.849. The third-order valence-corrected chi connectivity index (χ3v) is 4.50. The lowest BCUT2D eigenvalue weighted by Crippen LogP contribution is -2.47. The van der Waals surface area contributed by atoms with Gasteiger partial charge in [-0.3, -0.25) is 9.00 Å². The Hall–Kier alpha value is -0.460. The number of carboxylic acids is 1. The Morgan fingerprint density at radius 3 is 2.50 bits per heavy atom. The van der Waals surface area contributed by atoms with Crippen molar-refractivity contribution >= 4 is 16.8 Å². The maximum absolute atomic E-state index is 11.0. The summed E-state index contributed by atoms with van der Waals surface area (Å²) in [6.45, 7) is 2.38. The van der Waals surface area contributed by atoms with E-state index in [1.165, 1.54) is 0 Å². The molecule has 1 aliphatic carbocycles. The van der Waals surface area contributed by atoms with Crippen molar-refractivity contribution in [1.82, 2.24) is 5.32 Å². The first-order chi connectivity index (χ1) is 8.32. The first-order valence-corrected chi connectivity index (χ1v) is 8.04. The third kappa shape index (κ3) is 5.04. The number of carboxylic acid groups (broad SMARTS) is 1. The van der Waals surface area contributed by atoms with E-state index < -0.39 is 22.4 Å². The summed E-state index contributed by atoms with van der Waals surface area (Å²) in [6, 6.07) is 0.0945. The molecule has 0 amide bonds. The van der Waals surface area contributed by atoms with Crippen LogP contribution in [0.1, 0.15) is 32.6 Å². The highest BCUT2D eigenvalue weighted by Gasteiger charge is 2.35. The molecule has 2 unspecified atom stereocenters. The number of aliphatic carboxylic acids is 1. The average Bonchev–Trinajstić information content (AvgIpc) is 2.26. The van der Waals surface area contributed by atoms with E-state index in [4.69, 9.17) is 5.11 Å². The van der Waals surface area contributed by atoms with Crippen LogP contribution >= 0.6 is 0 Å². The molecule has 6 heteroatoms. The summed E-state index contributed by atoms with van der Waals surface area (Å²) in [5.74, 6) is -0.515. The van der Waals surface area contributed by atoms with Crippen LogP contribution in [-0.2, 0) is 15.6 Å².